The van der Waals surface area contributed by atoms with E-state index in [9.17, 15) is 0 Å². The number of quaternary nitrogens is 1. The molecule has 0 spiro atoms. The van der Waals surface area contributed by atoms with Crippen molar-refractivity contribution in [1.29, 1.82) is 0 Å². The molecule has 2 aromatic rings. The minimum absolute atomic E-state index is 0.801. The first-order valence-electron chi connectivity index (χ1n) is 7.08. The van der Waals surface area contributed by atoms with Crippen LogP contribution in [-0.2, 0) is 6.67 Å². The number of likely N-dealkylation sites (tertiary alicyclic amines) is 1. The summed E-state index contributed by atoms with van der Waals surface area (Å²) in [6.45, 7) is 3.30. The fourth-order valence-corrected chi connectivity index (χ4v) is 3.58. The molecule has 1 aromatic carbocycles. The highest BCUT2D eigenvalue weighted by molar-refractivity contribution is 7.73. The van der Waals surface area contributed by atoms with Gasteiger partial charge in [0.05, 0.1) is 25.9 Å². The standard InChI is InChI=1S/C14H18N4OS2/c1-19-12-7-3-2-6-11(12)15-13-16-18(14(20)21-13)10-17-8-4-5-9-17/h2-3,6-7H,4-5,8-10H2,1H3,(H,15,16)/p+1. The molecule has 0 radical (unpaired) electrons. The number of hydrogen-bond acceptors (Lipinski definition) is 5. The quantitative estimate of drug-likeness (QED) is 0.827. The molecule has 0 amide bonds. The molecule has 1 aromatic heterocycles. The van der Waals surface area contributed by atoms with Gasteiger partial charge in [0.15, 0.2) is 10.6 Å². The lowest BCUT2D eigenvalue weighted by Gasteiger charge is -2.11. The third-order valence-electron chi connectivity index (χ3n) is 3.64. The molecule has 112 valence electrons. The summed E-state index contributed by atoms with van der Waals surface area (Å²) in [4.78, 5) is 1.56. The van der Waals surface area contributed by atoms with Crippen molar-refractivity contribution < 1.29 is 9.64 Å². The van der Waals surface area contributed by atoms with Crippen LogP contribution in [0.3, 0.4) is 0 Å². The number of ether oxygens (including phenoxy) is 1. The number of para-hydroxylation sites is 2. The molecule has 1 fully saturated rings. The van der Waals surface area contributed by atoms with Gasteiger partial charge in [0.25, 0.3) is 0 Å². The first-order chi connectivity index (χ1) is 10.3. The van der Waals surface area contributed by atoms with E-state index in [4.69, 9.17) is 17.0 Å². The van der Waals surface area contributed by atoms with Gasteiger partial charge in [-0.3, -0.25) is 0 Å². The second kappa shape index (κ2) is 6.55. The molecular formula is C14H19N4OS2+. The van der Waals surface area contributed by atoms with Crippen molar-refractivity contribution in [2.75, 3.05) is 25.5 Å². The lowest BCUT2D eigenvalue weighted by atomic mass is 10.3. The van der Waals surface area contributed by atoms with E-state index < -0.39 is 0 Å². The normalized spacial score (nSPS) is 15.3. The first kappa shape index (κ1) is 14.5. The minimum atomic E-state index is 0.801. The van der Waals surface area contributed by atoms with Crippen molar-refractivity contribution in [2.24, 2.45) is 0 Å². The van der Waals surface area contributed by atoms with Gasteiger partial charge in [0, 0.05) is 12.8 Å². The maximum Gasteiger partial charge on any atom is 0.209 e. The summed E-state index contributed by atoms with van der Waals surface area (Å²) in [6, 6.07) is 7.81. The maximum atomic E-state index is 5.42. The number of aromatic nitrogens is 2. The number of hydrogen-bond donors (Lipinski definition) is 2. The summed E-state index contributed by atoms with van der Waals surface area (Å²) >= 11 is 6.92. The molecule has 0 atom stereocenters. The van der Waals surface area contributed by atoms with Crippen molar-refractivity contribution >= 4 is 34.4 Å². The van der Waals surface area contributed by atoms with Crippen molar-refractivity contribution in [3.8, 4) is 5.75 Å². The zero-order valence-corrected chi connectivity index (χ0v) is 13.6. The highest BCUT2D eigenvalue weighted by Crippen LogP contribution is 2.28. The van der Waals surface area contributed by atoms with Crippen LogP contribution in [0, 0.1) is 3.95 Å². The third-order valence-corrected chi connectivity index (χ3v) is 4.86. The van der Waals surface area contributed by atoms with Gasteiger partial charge in [-0.2, -0.15) is 4.68 Å². The van der Waals surface area contributed by atoms with Gasteiger partial charge in [0.1, 0.15) is 5.75 Å². The third kappa shape index (κ3) is 3.42. The van der Waals surface area contributed by atoms with Gasteiger partial charge in [-0.1, -0.05) is 23.5 Å². The Morgan fingerprint density at radius 3 is 2.90 bits per heavy atom. The van der Waals surface area contributed by atoms with Crippen molar-refractivity contribution in [1.82, 2.24) is 9.78 Å². The molecule has 2 N–H and O–H groups in total. The Morgan fingerprint density at radius 1 is 1.38 bits per heavy atom. The van der Waals surface area contributed by atoms with Crippen LogP contribution in [0.1, 0.15) is 12.8 Å². The molecule has 1 aliphatic rings. The van der Waals surface area contributed by atoms with Crippen molar-refractivity contribution in [3.05, 3.63) is 28.2 Å². The van der Waals surface area contributed by atoms with Crippen LogP contribution in [0.4, 0.5) is 10.8 Å². The van der Waals surface area contributed by atoms with Crippen LogP contribution in [-0.4, -0.2) is 30.0 Å². The summed E-state index contributed by atoms with van der Waals surface area (Å²) in [5.41, 5.74) is 0.907. The number of nitrogens with one attached hydrogen (secondary N) is 2. The van der Waals surface area contributed by atoms with Crippen LogP contribution in [0.5, 0.6) is 5.75 Å². The van der Waals surface area contributed by atoms with Crippen LogP contribution in [0.15, 0.2) is 24.3 Å². The average molecular weight is 323 g/mol. The summed E-state index contributed by atoms with van der Waals surface area (Å²) in [6.07, 6.45) is 2.61. The number of anilines is 2. The van der Waals surface area contributed by atoms with Crippen LogP contribution >= 0.6 is 23.6 Å². The lowest BCUT2D eigenvalue weighted by Crippen LogP contribution is -3.09. The Labute approximate surface area is 133 Å². The van der Waals surface area contributed by atoms with Gasteiger partial charge < -0.3 is 15.0 Å². The predicted molar refractivity (Wildman–Crippen MR) is 87.1 cm³/mol. The summed E-state index contributed by atoms with van der Waals surface area (Å²) < 4.78 is 8.08. The second-order valence-corrected chi connectivity index (χ2v) is 6.74. The number of rotatable bonds is 5. The maximum absolute atomic E-state index is 5.42. The van der Waals surface area contributed by atoms with Gasteiger partial charge >= 0.3 is 0 Å². The molecule has 1 saturated heterocycles. The fraction of sp³-hybridized carbons (Fsp3) is 0.429. The van der Waals surface area contributed by atoms with Crippen LogP contribution in [0.2, 0.25) is 0 Å². The number of benzene rings is 1. The van der Waals surface area contributed by atoms with Crippen molar-refractivity contribution in [3.63, 3.8) is 0 Å². The van der Waals surface area contributed by atoms with Gasteiger partial charge in [-0.25, -0.2) is 0 Å². The van der Waals surface area contributed by atoms with Crippen LogP contribution in [0.25, 0.3) is 0 Å². The Hall–Kier alpha value is -1.44. The van der Waals surface area contributed by atoms with Gasteiger partial charge in [0.2, 0.25) is 5.13 Å². The molecule has 0 unspecified atom stereocenters. The monoisotopic (exact) mass is 323 g/mol. The molecule has 3 rings (SSSR count). The predicted octanol–water partition coefficient (Wildman–Crippen LogP) is 2.06. The second-order valence-electron chi connectivity index (χ2n) is 5.11. The number of methoxy groups -OCH3 is 1. The van der Waals surface area contributed by atoms with E-state index in [1.165, 1.54) is 37.3 Å². The molecule has 21 heavy (non-hydrogen) atoms. The van der Waals surface area contributed by atoms with E-state index in [0.29, 0.717) is 0 Å². The molecule has 1 aliphatic heterocycles. The zero-order valence-electron chi connectivity index (χ0n) is 12.0. The lowest BCUT2D eigenvalue weighted by molar-refractivity contribution is -0.911. The Kier molecular flexibility index (Phi) is 4.52. The Morgan fingerprint density at radius 2 is 2.14 bits per heavy atom. The average Bonchev–Trinajstić information content (AvgIpc) is 3.11. The highest BCUT2D eigenvalue weighted by atomic mass is 32.1. The Balaban J connectivity index is 1.75. The highest BCUT2D eigenvalue weighted by Gasteiger charge is 2.17. The molecule has 7 heteroatoms. The topological polar surface area (TPSA) is 43.5 Å². The van der Waals surface area contributed by atoms with E-state index in [-0.39, 0.29) is 0 Å². The van der Waals surface area contributed by atoms with E-state index >= 15 is 0 Å². The van der Waals surface area contributed by atoms with E-state index in [1.54, 1.807) is 12.0 Å². The molecule has 0 bridgehead atoms. The molecule has 2 heterocycles. The SMILES string of the molecule is COc1ccccc1Nc1nn(C[NH+]2CCCC2)c(=S)s1. The number of nitrogens with zero attached hydrogens (tertiary/aromatic N) is 2. The molecule has 0 saturated carbocycles. The summed E-state index contributed by atoms with van der Waals surface area (Å²) in [7, 11) is 1.66. The van der Waals surface area contributed by atoms with E-state index in [1.807, 2.05) is 28.9 Å². The smallest absolute Gasteiger partial charge is 0.209 e. The largest absolute Gasteiger partial charge is 0.495 e. The zero-order chi connectivity index (χ0) is 14.7. The minimum Gasteiger partial charge on any atom is -0.495 e. The summed E-state index contributed by atoms with van der Waals surface area (Å²) in [5.74, 6) is 0.801. The molecule has 5 nitrogen and oxygen atoms in total. The Bertz CT molecular complexity index is 661. The van der Waals surface area contributed by atoms with Crippen LogP contribution < -0.4 is 15.0 Å². The van der Waals surface area contributed by atoms with E-state index in [2.05, 4.69) is 10.4 Å². The fourth-order valence-electron chi connectivity index (χ4n) is 2.56. The molecular weight excluding hydrogens is 304 g/mol. The van der Waals surface area contributed by atoms with E-state index in [0.717, 1.165) is 27.2 Å². The first-order valence-corrected chi connectivity index (χ1v) is 8.30. The van der Waals surface area contributed by atoms with Gasteiger partial charge in [-0.15, -0.1) is 5.10 Å². The van der Waals surface area contributed by atoms with Crippen molar-refractivity contribution in [2.45, 2.75) is 19.5 Å². The molecule has 0 aliphatic carbocycles. The van der Waals surface area contributed by atoms with Gasteiger partial charge in [-0.05, 0) is 24.4 Å². The summed E-state index contributed by atoms with van der Waals surface area (Å²) in [5, 5.41) is 8.69.